The quantitative estimate of drug-likeness (QED) is 0.710. The third-order valence-electron chi connectivity index (χ3n) is 2.52. The molecule has 1 aromatic carbocycles. The number of ether oxygens (including phenoxy) is 1. The fraction of sp³-hybridized carbons (Fsp3) is 0.462. The highest BCUT2D eigenvalue weighted by molar-refractivity contribution is 9.10. The number of nitrogens with zero attached hydrogens (tertiary/aromatic N) is 1. The van der Waals surface area contributed by atoms with Crippen LogP contribution in [0.1, 0.15) is 20.8 Å². The molecule has 0 radical (unpaired) electrons. The number of anilines is 1. The zero-order chi connectivity index (χ0) is 16.2. The largest absolute Gasteiger partial charge is 0.462 e. The van der Waals surface area contributed by atoms with E-state index >= 15 is 0 Å². The van der Waals surface area contributed by atoms with Crippen molar-refractivity contribution in [1.82, 2.24) is 0 Å². The lowest BCUT2D eigenvalue weighted by Crippen LogP contribution is -2.38. The predicted octanol–water partition coefficient (Wildman–Crippen LogP) is 2.70. The van der Waals surface area contributed by atoms with Crippen LogP contribution in [0.5, 0.6) is 0 Å². The predicted molar refractivity (Wildman–Crippen MR) is 82.1 cm³/mol. The zero-order valence-corrected chi connectivity index (χ0v) is 14.4. The van der Waals surface area contributed by atoms with Crippen molar-refractivity contribution in [3.8, 4) is 0 Å². The first-order valence-electron chi connectivity index (χ1n) is 6.32. The van der Waals surface area contributed by atoms with Crippen molar-refractivity contribution in [1.29, 1.82) is 0 Å². The van der Waals surface area contributed by atoms with Crippen molar-refractivity contribution in [2.45, 2.75) is 26.9 Å². The SMILES string of the molecule is CCS(=O)(=O)N(CC(=O)OC(C)C)c1ccc(F)cc1Br. The lowest BCUT2D eigenvalue weighted by Gasteiger charge is -2.24. The number of halogens is 2. The van der Waals surface area contributed by atoms with Crippen LogP contribution in [-0.2, 0) is 19.6 Å². The molecule has 0 saturated carbocycles. The maximum atomic E-state index is 13.1. The summed E-state index contributed by atoms with van der Waals surface area (Å²) in [4.78, 5) is 11.8. The molecule has 1 aromatic rings. The third kappa shape index (κ3) is 4.96. The van der Waals surface area contributed by atoms with E-state index in [2.05, 4.69) is 15.9 Å². The van der Waals surface area contributed by atoms with E-state index in [0.717, 1.165) is 16.4 Å². The maximum Gasteiger partial charge on any atom is 0.327 e. The smallest absolute Gasteiger partial charge is 0.327 e. The first-order chi connectivity index (χ1) is 9.67. The van der Waals surface area contributed by atoms with Crippen molar-refractivity contribution in [3.05, 3.63) is 28.5 Å². The molecule has 0 aliphatic carbocycles. The molecule has 0 unspecified atom stereocenters. The molecule has 0 atom stereocenters. The summed E-state index contributed by atoms with van der Waals surface area (Å²) in [6, 6.07) is 3.57. The summed E-state index contributed by atoms with van der Waals surface area (Å²) < 4.78 is 43.6. The number of hydrogen-bond donors (Lipinski definition) is 0. The van der Waals surface area contributed by atoms with Gasteiger partial charge in [-0.25, -0.2) is 12.8 Å². The average Bonchev–Trinajstić information content (AvgIpc) is 2.35. The van der Waals surface area contributed by atoms with Crippen molar-refractivity contribution < 1.29 is 22.3 Å². The number of carbonyl (C=O) groups is 1. The van der Waals surface area contributed by atoms with E-state index in [-0.39, 0.29) is 22.0 Å². The average molecular weight is 382 g/mol. The molecule has 118 valence electrons. The molecule has 0 aromatic heterocycles. The van der Waals surface area contributed by atoms with Gasteiger partial charge in [0.05, 0.1) is 17.5 Å². The van der Waals surface area contributed by atoms with Crippen molar-refractivity contribution >= 4 is 37.6 Å². The number of esters is 1. The second-order valence-electron chi connectivity index (χ2n) is 4.54. The van der Waals surface area contributed by atoms with Crippen molar-refractivity contribution in [2.75, 3.05) is 16.6 Å². The van der Waals surface area contributed by atoms with Crippen LogP contribution in [0, 0.1) is 5.82 Å². The number of carbonyl (C=O) groups excluding carboxylic acids is 1. The number of benzene rings is 1. The second-order valence-corrected chi connectivity index (χ2v) is 7.58. The molecule has 8 heteroatoms. The van der Waals surface area contributed by atoms with E-state index in [0.29, 0.717) is 0 Å². The van der Waals surface area contributed by atoms with Gasteiger partial charge in [-0.3, -0.25) is 9.10 Å². The van der Waals surface area contributed by atoms with Crippen molar-refractivity contribution in [2.24, 2.45) is 0 Å². The summed E-state index contributed by atoms with van der Waals surface area (Å²) in [6.45, 7) is 4.35. The van der Waals surface area contributed by atoms with Gasteiger partial charge in [-0.15, -0.1) is 0 Å². The van der Waals surface area contributed by atoms with E-state index in [1.807, 2.05) is 0 Å². The summed E-state index contributed by atoms with van der Waals surface area (Å²) in [5, 5.41) is 0. The molecular formula is C13H17BrFNO4S. The van der Waals surface area contributed by atoms with Gasteiger partial charge in [0.1, 0.15) is 12.4 Å². The standard InChI is InChI=1S/C13H17BrFNO4S/c1-4-21(18,19)16(8-13(17)20-9(2)3)12-6-5-10(15)7-11(12)14/h5-7,9H,4,8H2,1-3H3. The van der Waals surface area contributed by atoms with Crippen LogP contribution < -0.4 is 4.31 Å². The second kappa shape index (κ2) is 7.22. The Labute approximate surface area is 132 Å². The summed E-state index contributed by atoms with van der Waals surface area (Å²) >= 11 is 3.11. The summed E-state index contributed by atoms with van der Waals surface area (Å²) in [5.74, 6) is -1.37. The minimum atomic E-state index is -3.70. The summed E-state index contributed by atoms with van der Waals surface area (Å²) in [6.07, 6.45) is -0.347. The first-order valence-corrected chi connectivity index (χ1v) is 8.72. The van der Waals surface area contributed by atoms with Crippen LogP contribution in [0.2, 0.25) is 0 Å². The molecule has 0 N–H and O–H groups in total. The van der Waals surface area contributed by atoms with Gasteiger partial charge in [-0.2, -0.15) is 0 Å². The van der Waals surface area contributed by atoms with Gasteiger partial charge >= 0.3 is 5.97 Å². The minimum absolute atomic E-state index is 0.189. The molecule has 0 heterocycles. The van der Waals surface area contributed by atoms with Crippen LogP contribution in [0.3, 0.4) is 0 Å². The lowest BCUT2D eigenvalue weighted by atomic mass is 10.3. The number of rotatable bonds is 6. The third-order valence-corrected chi connectivity index (χ3v) is 4.88. The van der Waals surface area contributed by atoms with E-state index in [9.17, 15) is 17.6 Å². The molecule has 0 fully saturated rings. The Kier molecular flexibility index (Phi) is 6.15. The Hall–Kier alpha value is -1.15. The molecule has 5 nitrogen and oxygen atoms in total. The van der Waals surface area contributed by atoms with Crippen LogP contribution >= 0.6 is 15.9 Å². The summed E-state index contributed by atoms with van der Waals surface area (Å²) in [7, 11) is -3.70. The van der Waals surface area contributed by atoms with Gasteiger partial charge in [-0.05, 0) is 54.9 Å². The molecular weight excluding hydrogens is 365 g/mol. The van der Waals surface area contributed by atoms with Crippen LogP contribution in [0.15, 0.2) is 22.7 Å². The maximum absolute atomic E-state index is 13.1. The van der Waals surface area contributed by atoms with E-state index in [4.69, 9.17) is 4.74 Å². The number of sulfonamides is 1. The van der Waals surface area contributed by atoms with Gasteiger partial charge in [-0.1, -0.05) is 0 Å². The van der Waals surface area contributed by atoms with Gasteiger partial charge in [0.15, 0.2) is 0 Å². The fourth-order valence-electron chi connectivity index (χ4n) is 1.59. The van der Waals surface area contributed by atoms with Gasteiger partial charge in [0.2, 0.25) is 10.0 Å². The highest BCUT2D eigenvalue weighted by Gasteiger charge is 2.26. The molecule has 1 rings (SSSR count). The monoisotopic (exact) mass is 381 g/mol. The zero-order valence-electron chi connectivity index (χ0n) is 12.0. The Morgan fingerprint density at radius 2 is 2.05 bits per heavy atom. The van der Waals surface area contributed by atoms with Gasteiger partial charge in [0.25, 0.3) is 0 Å². The molecule has 0 saturated heterocycles. The normalized spacial score (nSPS) is 11.5. The van der Waals surface area contributed by atoms with E-state index < -0.39 is 28.4 Å². The molecule has 0 bridgehead atoms. The lowest BCUT2D eigenvalue weighted by molar-refractivity contribution is -0.145. The Balaban J connectivity index is 3.18. The number of hydrogen-bond acceptors (Lipinski definition) is 4. The topological polar surface area (TPSA) is 63.7 Å². The minimum Gasteiger partial charge on any atom is -0.462 e. The van der Waals surface area contributed by atoms with Crippen LogP contribution in [-0.4, -0.2) is 32.8 Å². The Bertz CT molecular complexity index is 619. The summed E-state index contributed by atoms with van der Waals surface area (Å²) in [5.41, 5.74) is 0.193. The molecule has 0 aliphatic rings. The van der Waals surface area contributed by atoms with E-state index in [1.165, 1.54) is 13.0 Å². The fourth-order valence-corrected chi connectivity index (χ4v) is 3.35. The van der Waals surface area contributed by atoms with Crippen LogP contribution in [0.4, 0.5) is 10.1 Å². The molecule has 0 aliphatic heterocycles. The van der Waals surface area contributed by atoms with Gasteiger partial charge in [0, 0.05) is 4.47 Å². The molecule has 0 spiro atoms. The highest BCUT2D eigenvalue weighted by atomic mass is 79.9. The molecule has 21 heavy (non-hydrogen) atoms. The first kappa shape index (κ1) is 17.9. The van der Waals surface area contributed by atoms with Crippen LogP contribution in [0.25, 0.3) is 0 Å². The van der Waals surface area contributed by atoms with Crippen molar-refractivity contribution in [3.63, 3.8) is 0 Å². The van der Waals surface area contributed by atoms with E-state index in [1.54, 1.807) is 13.8 Å². The highest BCUT2D eigenvalue weighted by Crippen LogP contribution is 2.29. The Morgan fingerprint density at radius 1 is 1.43 bits per heavy atom. The molecule has 0 amide bonds. The Morgan fingerprint density at radius 3 is 2.52 bits per heavy atom. The van der Waals surface area contributed by atoms with Gasteiger partial charge < -0.3 is 4.74 Å².